The molecule has 0 aromatic heterocycles. The molecule has 0 saturated heterocycles. The Bertz CT molecular complexity index is 764. The molecule has 0 aliphatic heterocycles. The van der Waals surface area contributed by atoms with E-state index in [9.17, 15) is 9.59 Å². The minimum Gasteiger partial charge on any atom is -0.450 e. The van der Waals surface area contributed by atoms with Gasteiger partial charge in [0.2, 0.25) is 0 Å². The summed E-state index contributed by atoms with van der Waals surface area (Å²) in [5.74, 6) is 0.270. The molecule has 2 rings (SSSR count). The van der Waals surface area contributed by atoms with Gasteiger partial charge in [-0.3, -0.25) is 10.2 Å². The number of nitrogens with zero attached hydrogens (tertiary/aromatic N) is 1. The predicted octanol–water partition coefficient (Wildman–Crippen LogP) is 3.88. The summed E-state index contributed by atoms with van der Waals surface area (Å²) in [6, 6.07) is 15.5. The second kappa shape index (κ2) is 10.9. The van der Waals surface area contributed by atoms with Crippen LogP contribution < -0.4 is 15.0 Å². The molecule has 2 aromatic carbocycles. The highest BCUT2D eigenvalue weighted by atomic mass is 16.7. The number of hydrogen-bond donors (Lipinski definition) is 1. The zero-order valence-corrected chi connectivity index (χ0v) is 16.1. The van der Waals surface area contributed by atoms with Gasteiger partial charge in [0, 0.05) is 31.7 Å². The number of rotatable bonds is 8. The van der Waals surface area contributed by atoms with Crippen molar-refractivity contribution in [2.24, 2.45) is 0 Å². The summed E-state index contributed by atoms with van der Waals surface area (Å²) >= 11 is 0. The molecule has 2 amide bonds. The smallest absolute Gasteiger partial charge is 0.419 e. The fourth-order valence-corrected chi connectivity index (χ4v) is 2.37. The van der Waals surface area contributed by atoms with Gasteiger partial charge < -0.3 is 18.9 Å². The van der Waals surface area contributed by atoms with Crippen LogP contribution in [0.25, 0.3) is 0 Å². The average Bonchev–Trinajstić information content (AvgIpc) is 2.70. The van der Waals surface area contributed by atoms with Crippen LogP contribution >= 0.6 is 0 Å². The van der Waals surface area contributed by atoms with Crippen molar-refractivity contribution in [2.45, 2.75) is 13.2 Å². The fourth-order valence-electron chi connectivity index (χ4n) is 2.37. The highest BCUT2D eigenvalue weighted by Crippen LogP contribution is 2.21. The standard InChI is InChI=1S/C20H24N2O6/c1-4-27-19(23)21-15-9-8-12-17(13-15)28-20(24)22(14-18(25-2)26-3)16-10-6-5-7-11-16/h5-13,18H,4,14H2,1-3H3,(H,21,23). The first-order chi connectivity index (χ1) is 13.6. The second-order valence-electron chi connectivity index (χ2n) is 5.59. The molecule has 8 nitrogen and oxygen atoms in total. The van der Waals surface area contributed by atoms with Crippen molar-refractivity contribution >= 4 is 23.6 Å². The van der Waals surface area contributed by atoms with Gasteiger partial charge in [-0.15, -0.1) is 0 Å². The molecular formula is C20H24N2O6. The molecule has 8 heteroatoms. The van der Waals surface area contributed by atoms with E-state index in [1.54, 1.807) is 37.3 Å². The largest absolute Gasteiger partial charge is 0.450 e. The number of carbonyl (C=O) groups is 2. The lowest BCUT2D eigenvalue weighted by atomic mass is 10.3. The SMILES string of the molecule is CCOC(=O)Nc1cccc(OC(=O)N(CC(OC)OC)c2ccccc2)c1. The lowest BCUT2D eigenvalue weighted by molar-refractivity contribution is -0.0943. The number of anilines is 2. The van der Waals surface area contributed by atoms with Crippen molar-refractivity contribution < 1.29 is 28.5 Å². The van der Waals surface area contributed by atoms with Crippen LogP contribution in [0, 0.1) is 0 Å². The van der Waals surface area contributed by atoms with Crippen LogP contribution in [0.1, 0.15) is 6.92 Å². The van der Waals surface area contributed by atoms with Crippen molar-refractivity contribution in [1.29, 1.82) is 0 Å². The Morgan fingerprint density at radius 1 is 1.04 bits per heavy atom. The van der Waals surface area contributed by atoms with Crippen LogP contribution in [-0.4, -0.2) is 45.8 Å². The van der Waals surface area contributed by atoms with E-state index >= 15 is 0 Å². The zero-order valence-electron chi connectivity index (χ0n) is 16.1. The predicted molar refractivity (Wildman–Crippen MR) is 105 cm³/mol. The summed E-state index contributed by atoms with van der Waals surface area (Å²) in [5.41, 5.74) is 1.08. The van der Waals surface area contributed by atoms with Gasteiger partial charge >= 0.3 is 12.2 Å². The number of ether oxygens (including phenoxy) is 4. The minimum absolute atomic E-state index is 0.136. The van der Waals surface area contributed by atoms with E-state index in [4.69, 9.17) is 18.9 Å². The minimum atomic E-state index is -0.621. The average molecular weight is 388 g/mol. The van der Waals surface area contributed by atoms with Crippen molar-refractivity contribution in [3.8, 4) is 5.75 Å². The van der Waals surface area contributed by atoms with Crippen molar-refractivity contribution in [1.82, 2.24) is 0 Å². The van der Waals surface area contributed by atoms with Crippen LogP contribution in [0.4, 0.5) is 21.0 Å². The van der Waals surface area contributed by atoms with Crippen molar-refractivity contribution in [2.75, 3.05) is 37.6 Å². The third-order valence-corrected chi connectivity index (χ3v) is 3.71. The van der Waals surface area contributed by atoms with Crippen LogP contribution in [-0.2, 0) is 14.2 Å². The second-order valence-corrected chi connectivity index (χ2v) is 5.59. The van der Waals surface area contributed by atoms with Crippen LogP contribution in [0.15, 0.2) is 54.6 Å². The number of methoxy groups -OCH3 is 2. The maximum atomic E-state index is 12.8. The first kappa shape index (κ1) is 21.2. The lowest BCUT2D eigenvalue weighted by Crippen LogP contribution is -2.40. The maximum Gasteiger partial charge on any atom is 0.419 e. The Kier molecular flexibility index (Phi) is 8.26. The van der Waals surface area contributed by atoms with Gasteiger partial charge in [0.15, 0.2) is 6.29 Å². The van der Waals surface area contributed by atoms with Crippen LogP contribution in [0.2, 0.25) is 0 Å². The van der Waals surface area contributed by atoms with Gasteiger partial charge in [-0.25, -0.2) is 9.59 Å². The normalized spacial score (nSPS) is 10.4. The monoisotopic (exact) mass is 388 g/mol. The molecule has 0 aliphatic rings. The van der Waals surface area contributed by atoms with E-state index in [-0.39, 0.29) is 18.9 Å². The summed E-state index contributed by atoms with van der Waals surface area (Å²) in [4.78, 5) is 25.8. The summed E-state index contributed by atoms with van der Waals surface area (Å²) in [7, 11) is 2.99. The molecule has 0 bridgehead atoms. The Hall–Kier alpha value is -3.10. The first-order valence-electron chi connectivity index (χ1n) is 8.71. The molecule has 0 unspecified atom stereocenters. The molecule has 0 saturated carbocycles. The highest BCUT2D eigenvalue weighted by molar-refractivity contribution is 5.89. The quantitative estimate of drug-likeness (QED) is 0.691. The molecule has 0 spiro atoms. The van der Waals surface area contributed by atoms with E-state index in [2.05, 4.69) is 5.32 Å². The molecular weight excluding hydrogens is 364 g/mol. The number of carbonyl (C=O) groups excluding carboxylic acids is 2. The van der Waals surface area contributed by atoms with Crippen LogP contribution in [0.5, 0.6) is 5.75 Å². The van der Waals surface area contributed by atoms with Gasteiger partial charge in [0.25, 0.3) is 0 Å². The molecule has 0 aliphatic carbocycles. The van der Waals surface area contributed by atoms with Crippen LogP contribution in [0.3, 0.4) is 0 Å². The molecule has 150 valence electrons. The van der Waals surface area contributed by atoms with Gasteiger partial charge in [0.05, 0.1) is 13.2 Å². The van der Waals surface area contributed by atoms with E-state index in [0.717, 1.165) is 0 Å². The Morgan fingerprint density at radius 3 is 2.39 bits per heavy atom. The van der Waals surface area contributed by atoms with E-state index < -0.39 is 18.5 Å². The number of para-hydroxylation sites is 1. The molecule has 0 fully saturated rings. The molecule has 0 radical (unpaired) electrons. The van der Waals surface area contributed by atoms with Crippen molar-refractivity contribution in [3.05, 3.63) is 54.6 Å². The van der Waals surface area contributed by atoms with Gasteiger partial charge in [-0.05, 0) is 31.2 Å². The molecule has 0 heterocycles. The highest BCUT2D eigenvalue weighted by Gasteiger charge is 2.22. The first-order valence-corrected chi connectivity index (χ1v) is 8.71. The lowest BCUT2D eigenvalue weighted by Gasteiger charge is -2.25. The summed E-state index contributed by atoms with van der Waals surface area (Å²) in [6.45, 7) is 2.10. The van der Waals surface area contributed by atoms with E-state index in [1.807, 2.05) is 18.2 Å². The van der Waals surface area contributed by atoms with E-state index in [1.165, 1.54) is 25.2 Å². The Balaban J connectivity index is 2.15. The van der Waals surface area contributed by atoms with Crippen molar-refractivity contribution in [3.63, 3.8) is 0 Å². The number of hydrogen-bond acceptors (Lipinski definition) is 6. The molecule has 1 N–H and O–H groups in total. The molecule has 28 heavy (non-hydrogen) atoms. The number of amides is 2. The zero-order chi connectivity index (χ0) is 20.4. The maximum absolute atomic E-state index is 12.8. The third-order valence-electron chi connectivity index (χ3n) is 3.71. The number of nitrogens with one attached hydrogen (secondary N) is 1. The number of benzene rings is 2. The third kappa shape index (κ3) is 6.26. The molecule has 2 aromatic rings. The summed E-state index contributed by atoms with van der Waals surface area (Å²) in [5, 5.41) is 2.56. The topological polar surface area (TPSA) is 86.3 Å². The summed E-state index contributed by atoms with van der Waals surface area (Å²) in [6.07, 6.45) is -1.82. The Morgan fingerprint density at radius 2 is 1.75 bits per heavy atom. The van der Waals surface area contributed by atoms with Gasteiger partial charge in [0.1, 0.15) is 5.75 Å². The fraction of sp³-hybridized carbons (Fsp3) is 0.300. The van der Waals surface area contributed by atoms with Gasteiger partial charge in [-0.2, -0.15) is 0 Å². The van der Waals surface area contributed by atoms with E-state index in [0.29, 0.717) is 11.4 Å². The Labute approximate surface area is 163 Å². The van der Waals surface area contributed by atoms with Gasteiger partial charge in [-0.1, -0.05) is 24.3 Å². The summed E-state index contributed by atoms with van der Waals surface area (Å²) < 4.78 is 20.7. The molecule has 0 atom stereocenters.